The molecule has 0 aromatic heterocycles. The Morgan fingerprint density at radius 2 is 2.12 bits per heavy atom. The fourth-order valence-electron chi connectivity index (χ4n) is 2.37. The molecule has 1 aromatic carbocycles. The highest BCUT2D eigenvalue weighted by Crippen LogP contribution is 2.50. The van der Waals surface area contributed by atoms with Gasteiger partial charge in [-0.15, -0.1) is 0 Å². The van der Waals surface area contributed by atoms with Gasteiger partial charge in [0.1, 0.15) is 5.75 Å². The minimum atomic E-state index is 0.170. The van der Waals surface area contributed by atoms with Crippen molar-refractivity contribution in [1.82, 2.24) is 0 Å². The van der Waals surface area contributed by atoms with Gasteiger partial charge in [-0.05, 0) is 42.5 Å². The Hall–Kier alpha value is -0.730. The van der Waals surface area contributed by atoms with E-state index in [2.05, 4.69) is 13.0 Å². The maximum Gasteiger partial charge on any atom is 0.123 e. The highest BCUT2D eigenvalue weighted by Gasteiger charge is 2.44. The van der Waals surface area contributed by atoms with Gasteiger partial charge in [0, 0.05) is 17.0 Å². The Morgan fingerprint density at radius 1 is 1.44 bits per heavy atom. The number of benzene rings is 1. The third-order valence-corrected chi connectivity index (χ3v) is 3.78. The van der Waals surface area contributed by atoms with Gasteiger partial charge < -0.3 is 10.5 Å². The topological polar surface area (TPSA) is 35.2 Å². The van der Waals surface area contributed by atoms with Crippen molar-refractivity contribution in [2.45, 2.75) is 31.6 Å². The molecule has 16 heavy (non-hydrogen) atoms. The molecule has 0 unspecified atom stereocenters. The van der Waals surface area contributed by atoms with Gasteiger partial charge in [0.05, 0.1) is 7.11 Å². The van der Waals surface area contributed by atoms with Crippen LogP contribution in [0.2, 0.25) is 5.02 Å². The van der Waals surface area contributed by atoms with Crippen LogP contribution in [0.15, 0.2) is 12.1 Å². The number of rotatable bonds is 4. The molecule has 2 rings (SSSR count). The number of hydrogen-bond donors (Lipinski definition) is 1. The van der Waals surface area contributed by atoms with Crippen molar-refractivity contribution in [3.05, 3.63) is 28.3 Å². The maximum absolute atomic E-state index is 6.13. The lowest BCUT2D eigenvalue weighted by Gasteiger charge is -2.20. The highest BCUT2D eigenvalue weighted by molar-refractivity contribution is 6.30. The molecular formula is C13H18ClNO. The van der Waals surface area contributed by atoms with Crippen LogP contribution >= 0.6 is 11.6 Å². The minimum absolute atomic E-state index is 0.170. The van der Waals surface area contributed by atoms with Gasteiger partial charge >= 0.3 is 0 Å². The van der Waals surface area contributed by atoms with E-state index in [1.807, 2.05) is 6.07 Å². The zero-order valence-electron chi connectivity index (χ0n) is 9.85. The fraction of sp³-hybridized carbons (Fsp3) is 0.538. The first-order valence-corrected chi connectivity index (χ1v) is 6.11. The predicted molar refractivity (Wildman–Crippen MR) is 67.3 cm³/mol. The molecule has 3 heteroatoms. The third kappa shape index (κ3) is 1.80. The lowest BCUT2D eigenvalue weighted by Crippen LogP contribution is -2.21. The standard InChI is InChI=1S/C13H18ClNO/c1-3-10-11(13(8-15)4-5-13)6-9(14)7-12(10)16-2/h6-7H,3-5,8,15H2,1-2H3. The Balaban J connectivity index is 2.54. The first-order chi connectivity index (χ1) is 7.66. The second kappa shape index (κ2) is 4.27. The molecule has 0 amide bonds. The highest BCUT2D eigenvalue weighted by atomic mass is 35.5. The van der Waals surface area contributed by atoms with E-state index in [1.165, 1.54) is 24.0 Å². The molecule has 1 aliphatic rings. The van der Waals surface area contributed by atoms with Crippen molar-refractivity contribution in [1.29, 1.82) is 0 Å². The van der Waals surface area contributed by atoms with Crippen LogP contribution in [0.5, 0.6) is 5.75 Å². The zero-order valence-corrected chi connectivity index (χ0v) is 10.6. The van der Waals surface area contributed by atoms with Crippen molar-refractivity contribution in [3.63, 3.8) is 0 Å². The summed E-state index contributed by atoms with van der Waals surface area (Å²) in [6.07, 6.45) is 3.29. The van der Waals surface area contributed by atoms with Crippen molar-refractivity contribution >= 4 is 11.6 Å². The van der Waals surface area contributed by atoms with Crippen LogP contribution in [0.25, 0.3) is 0 Å². The molecule has 0 spiro atoms. The van der Waals surface area contributed by atoms with Crippen LogP contribution < -0.4 is 10.5 Å². The number of halogens is 1. The van der Waals surface area contributed by atoms with Gasteiger partial charge in [-0.1, -0.05) is 18.5 Å². The fourth-order valence-corrected chi connectivity index (χ4v) is 2.57. The quantitative estimate of drug-likeness (QED) is 0.877. The summed E-state index contributed by atoms with van der Waals surface area (Å²) in [6, 6.07) is 3.94. The van der Waals surface area contributed by atoms with Crippen LogP contribution in [-0.2, 0) is 11.8 Å². The van der Waals surface area contributed by atoms with Crippen LogP contribution in [0.4, 0.5) is 0 Å². The van der Waals surface area contributed by atoms with Gasteiger partial charge in [0.15, 0.2) is 0 Å². The summed E-state index contributed by atoms with van der Waals surface area (Å²) in [5, 5.41) is 0.740. The average molecular weight is 240 g/mol. The molecule has 88 valence electrons. The van der Waals surface area contributed by atoms with Gasteiger partial charge in [-0.2, -0.15) is 0 Å². The van der Waals surface area contributed by atoms with E-state index in [9.17, 15) is 0 Å². The Labute approximate surface area is 102 Å². The van der Waals surface area contributed by atoms with Crippen LogP contribution in [0.1, 0.15) is 30.9 Å². The van der Waals surface area contributed by atoms with Gasteiger partial charge in [0.25, 0.3) is 0 Å². The number of nitrogens with two attached hydrogens (primary N) is 1. The summed E-state index contributed by atoms with van der Waals surface area (Å²) in [4.78, 5) is 0. The Kier molecular flexibility index (Phi) is 3.13. The van der Waals surface area contributed by atoms with E-state index in [0.717, 1.165) is 17.2 Å². The second-order valence-corrected chi connectivity index (χ2v) is 4.91. The number of ether oxygens (including phenoxy) is 1. The predicted octanol–water partition coefficient (Wildman–Crippen LogP) is 2.90. The number of hydrogen-bond acceptors (Lipinski definition) is 2. The average Bonchev–Trinajstić information content (AvgIpc) is 3.08. The molecule has 0 heterocycles. The number of methoxy groups -OCH3 is 1. The third-order valence-electron chi connectivity index (χ3n) is 3.56. The lowest BCUT2D eigenvalue weighted by atomic mass is 9.89. The van der Waals surface area contributed by atoms with Gasteiger partial charge in [0.2, 0.25) is 0 Å². The Bertz CT molecular complexity index is 399. The van der Waals surface area contributed by atoms with Gasteiger partial charge in [-0.3, -0.25) is 0 Å². The molecule has 0 bridgehead atoms. The summed E-state index contributed by atoms with van der Waals surface area (Å²) in [5.41, 5.74) is 8.60. The Morgan fingerprint density at radius 3 is 2.56 bits per heavy atom. The van der Waals surface area contributed by atoms with E-state index in [0.29, 0.717) is 6.54 Å². The van der Waals surface area contributed by atoms with Crippen molar-refractivity contribution < 1.29 is 4.74 Å². The largest absolute Gasteiger partial charge is 0.496 e. The van der Waals surface area contributed by atoms with E-state index < -0.39 is 0 Å². The summed E-state index contributed by atoms with van der Waals surface area (Å²) in [5.74, 6) is 0.893. The van der Waals surface area contributed by atoms with Crippen LogP contribution in [0, 0.1) is 0 Å². The summed E-state index contributed by atoms with van der Waals surface area (Å²) < 4.78 is 5.40. The monoisotopic (exact) mass is 239 g/mol. The second-order valence-electron chi connectivity index (χ2n) is 4.47. The smallest absolute Gasteiger partial charge is 0.123 e. The van der Waals surface area contributed by atoms with E-state index in [-0.39, 0.29) is 5.41 Å². The van der Waals surface area contributed by atoms with E-state index >= 15 is 0 Å². The molecule has 0 saturated heterocycles. The molecule has 0 radical (unpaired) electrons. The minimum Gasteiger partial charge on any atom is -0.496 e. The van der Waals surface area contributed by atoms with Crippen LogP contribution in [-0.4, -0.2) is 13.7 Å². The first kappa shape index (κ1) is 11.7. The molecule has 2 nitrogen and oxygen atoms in total. The maximum atomic E-state index is 6.13. The van der Waals surface area contributed by atoms with Crippen molar-refractivity contribution in [2.75, 3.05) is 13.7 Å². The molecule has 0 atom stereocenters. The molecular weight excluding hydrogens is 222 g/mol. The zero-order chi connectivity index (χ0) is 11.8. The SMILES string of the molecule is CCc1c(OC)cc(Cl)cc1C1(CN)CC1. The van der Waals surface area contributed by atoms with Crippen molar-refractivity contribution in [2.24, 2.45) is 5.73 Å². The molecule has 1 aliphatic carbocycles. The summed E-state index contributed by atoms with van der Waals surface area (Å²) in [7, 11) is 1.69. The summed E-state index contributed by atoms with van der Waals surface area (Å²) in [6.45, 7) is 2.84. The van der Waals surface area contributed by atoms with E-state index in [4.69, 9.17) is 22.1 Å². The normalized spacial score (nSPS) is 17.2. The van der Waals surface area contributed by atoms with Crippen molar-refractivity contribution in [3.8, 4) is 5.75 Å². The molecule has 2 N–H and O–H groups in total. The van der Waals surface area contributed by atoms with Gasteiger partial charge in [-0.25, -0.2) is 0 Å². The lowest BCUT2D eigenvalue weighted by molar-refractivity contribution is 0.408. The first-order valence-electron chi connectivity index (χ1n) is 5.74. The molecule has 1 aromatic rings. The molecule has 1 saturated carbocycles. The molecule has 0 aliphatic heterocycles. The summed E-state index contributed by atoms with van der Waals surface area (Å²) >= 11 is 6.13. The van der Waals surface area contributed by atoms with Crippen LogP contribution in [0.3, 0.4) is 0 Å². The van der Waals surface area contributed by atoms with E-state index in [1.54, 1.807) is 7.11 Å². The molecule has 1 fully saturated rings.